The highest BCUT2D eigenvalue weighted by Gasteiger charge is 2.19. The Morgan fingerprint density at radius 1 is 0.943 bits per heavy atom. The van der Waals surface area contributed by atoms with Crippen LogP contribution in [0.2, 0.25) is 0 Å². The Labute approximate surface area is 203 Å². The third kappa shape index (κ3) is 5.15. The van der Waals surface area contributed by atoms with Crippen molar-refractivity contribution in [3.63, 3.8) is 0 Å². The zero-order valence-electron chi connectivity index (χ0n) is 19.2. The normalized spacial score (nSPS) is 15.0. The van der Waals surface area contributed by atoms with E-state index in [2.05, 4.69) is 15.7 Å². The molecule has 1 saturated heterocycles. The summed E-state index contributed by atoms with van der Waals surface area (Å²) >= 11 is 0. The fourth-order valence-electron chi connectivity index (χ4n) is 4.21. The van der Waals surface area contributed by atoms with Crippen LogP contribution in [0.5, 0.6) is 0 Å². The molecule has 1 unspecified atom stereocenters. The molecule has 0 aliphatic carbocycles. The number of anilines is 1. The van der Waals surface area contributed by atoms with Crippen LogP contribution in [0.15, 0.2) is 91.1 Å². The van der Waals surface area contributed by atoms with Gasteiger partial charge in [0.15, 0.2) is 0 Å². The Bertz CT molecular complexity index is 1330. The van der Waals surface area contributed by atoms with Gasteiger partial charge in [-0.25, -0.2) is 4.68 Å². The van der Waals surface area contributed by atoms with Gasteiger partial charge in [0.2, 0.25) is 0 Å². The van der Waals surface area contributed by atoms with E-state index in [1.54, 1.807) is 47.3 Å². The summed E-state index contributed by atoms with van der Waals surface area (Å²) in [5.74, 6) is -0.547. The third-order valence-corrected chi connectivity index (χ3v) is 6.00. The van der Waals surface area contributed by atoms with E-state index < -0.39 is 0 Å². The van der Waals surface area contributed by atoms with Crippen LogP contribution in [-0.2, 0) is 4.74 Å². The van der Waals surface area contributed by atoms with Crippen LogP contribution in [-0.4, -0.2) is 40.9 Å². The maximum absolute atomic E-state index is 13.1. The first-order chi connectivity index (χ1) is 17.2. The van der Waals surface area contributed by atoms with Crippen LogP contribution in [0.4, 0.5) is 5.69 Å². The molecule has 7 nitrogen and oxygen atoms in total. The fraction of sp³-hybridized carbons (Fsp3) is 0.179. The molecule has 3 aromatic carbocycles. The van der Waals surface area contributed by atoms with Crippen LogP contribution < -0.4 is 10.6 Å². The molecule has 7 heteroatoms. The van der Waals surface area contributed by atoms with Crippen LogP contribution >= 0.6 is 0 Å². The predicted octanol–water partition coefficient (Wildman–Crippen LogP) is 4.70. The van der Waals surface area contributed by atoms with Gasteiger partial charge in [-0.3, -0.25) is 9.59 Å². The summed E-state index contributed by atoms with van der Waals surface area (Å²) in [6.07, 6.45) is 3.74. The van der Waals surface area contributed by atoms with E-state index >= 15 is 0 Å². The monoisotopic (exact) mass is 466 g/mol. The Kier molecular flexibility index (Phi) is 6.68. The van der Waals surface area contributed by atoms with Crippen LogP contribution in [0, 0.1) is 0 Å². The molecule has 2 N–H and O–H groups in total. The molecule has 1 aliphatic rings. The Balaban J connectivity index is 1.34. The van der Waals surface area contributed by atoms with Crippen molar-refractivity contribution < 1.29 is 14.3 Å². The molecule has 2 heterocycles. The van der Waals surface area contributed by atoms with Crippen molar-refractivity contribution >= 4 is 17.5 Å². The van der Waals surface area contributed by atoms with E-state index in [-0.39, 0.29) is 17.9 Å². The van der Waals surface area contributed by atoms with E-state index in [4.69, 9.17) is 4.74 Å². The maximum atomic E-state index is 13.1. The molecule has 0 bridgehead atoms. The summed E-state index contributed by atoms with van der Waals surface area (Å²) in [5.41, 5.74) is 4.06. The molecule has 0 saturated carbocycles. The second kappa shape index (κ2) is 10.4. The van der Waals surface area contributed by atoms with Gasteiger partial charge < -0.3 is 15.4 Å². The lowest BCUT2D eigenvalue weighted by molar-refractivity contribution is 0.0858. The minimum Gasteiger partial charge on any atom is -0.376 e. The van der Waals surface area contributed by atoms with Gasteiger partial charge in [0.25, 0.3) is 11.8 Å². The molecule has 1 aliphatic heterocycles. The molecule has 0 radical (unpaired) electrons. The molecular weight excluding hydrogens is 440 g/mol. The van der Waals surface area contributed by atoms with Gasteiger partial charge in [0, 0.05) is 24.3 Å². The van der Waals surface area contributed by atoms with Gasteiger partial charge in [-0.05, 0) is 49.2 Å². The van der Waals surface area contributed by atoms with Crippen molar-refractivity contribution in [1.82, 2.24) is 15.1 Å². The number of para-hydroxylation sites is 1. The Morgan fingerprint density at radius 3 is 2.60 bits per heavy atom. The summed E-state index contributed by atoms with van der Waals surface area (Å²) in [7, 11) is 0. The highest BCUT2D eigenvalue weighted by atomic mass is 16.5. The predicted molar refractivity (Wildman–Crippen MR) is 135 cm³/mol. The highest BCUT2D eigenvalue weighted by molar-refractivity contribution is 6.09. The zero-order valence-corrected chi connectivity index (χ0v) is 19.2. The van der Waals surface area contributed by atoms with Gasteiger partial charge in [0.1, 0.15) is 0 Å². The standard InChI is InChI=1S/C28H26N4O3/c33-27(31-25-14-5-4-13-24(25)28(34)29-19-23-12-7-17-35-23)21-10-6-11-22(18-21)32-26(15-16-30-32)20-8-2-1-3-9-20/h1-6,8-11,13-16,18,23H,7,12,17,19H2,(H,29,34)(H,31,33). The van der Waals surface area contributed by atoms with E-state index in [0.29, 0.717) is 23.4 Å². The average Bonchev–Trinajstić information content (AvgIpc) is 3.61. The summed E-state index contributed by atoms with van der Waals surface area (Å²) in [4.78, 5) is 25.9. The number of carbonyl (C=O) groups excluding carboxylic acids is 2. The van der Waals surface area contributed by atoms with Crippen molar-refractivity contribution in [2.75, 3.05) is 18.5 Å². The molecule has 1 aromatic heterocycles. The lowest BCUT2D eigenvalue weighted by Gasteiger charge is -2.14. The van der Waals surface area contributed by atoms with Crippen LogP contribution in [0.25, 0.3) is 16.9 Å². The first-order valence-corrected chi connectivity index (χ1v) is 11.7. The van der Waals surface area contributed by atoms with Gasteiger partial charge in [-0.1, -0.05) is 48.5 Å². The maximum Gasteiger partial charge on any atom is 0.255 e. The van der Waals surface area contributed by atoms with Crippen molar-refractivity contribution in [2.24, 2.45) is 0 Å². The smallest absolute Gasteiger partial charge is 0.255 e. The molecule has 5 rings (SSSR count). The van der Waals surface area contributed by atoms with E-state index in [1.807, 2.05) is 48.5 Å². The second-order valence-corrected chi connectivity index (χ2v) is 8.39. The Morgan fingerprint density at radius 2 is 1.77 bits per heavy atom. The third-order valence-electron chi connectivity index (χ3n) is 6.00. The molecular formula is C28H26N4O3. The number of hydrogen-bond donors (Lipinski definition) is 2. The number of nitrogens with one attached hydrogen (secondary N) is 2. The van der Waals surface area contributed by atoms with Crippen LogP contribution in [0.1, 0.15) is 33.6 Å². The first kappa shape index (κ1) is 22.6. The summed E-state index contributed by atoms with van der Waals surface area (Å²) < 4.78 is 7.38. The first-order valence-electron chi connectivity index (χ1n) is 11.7. The van der Waals surface area contributed by atoms with E-state index in [0.717, 1.165) is 36.4 Å². The average molecular weight is 467 g/mol. The number of nitrogens with zero attached hydrogens (tertiary/aromatic N) is 2. The second-order valence-electron chi connectivity index (χ2n) is 8.39. The number of benzene rings is 3. The number of amides is 2. The van der Waals surface area contributed by atoms with E-state index in [9.17, 15) is 9.59 Å². The minimum atomic E-state index is -0.306. The molecule has 1 atom stereocenters. The number of aromatic nitrogens is 2. The molecule has 35 heavy (non-hydrogen) atoms. The van der Waals surface area contributed by atoms with Crippen molar-refractivity contribution in [1.29, 1.82) is 0 Å². The SMILES string of the molecule is O=C(Nc1ccccc1C(=O)NCC1CCCO1)c1cccc(-n2nccc2-c2ccccc2)c1. The number of ether oxygens (including phenoxy) is 1. The summed E-state index contributed by atoms with van der Waals surface area (Å²) in [5, 5.41) is 10.3. The number of rotatable bonds is 7. The summed E-state index contributed by atoms with van der Waals surface area (Å²) in [6.45, 7) is 1.19. The minimum absolute atomic E-state index is 0.0477. The topological polar surface area (TPSA) is 85.3 Å². The van der Waals surface area contributed by atoms with Crippen molar-refractivity contribution in [2.45, 2.75) is 18.9 Å². The molecule has 4 aromatic rings. The van der Waals surface area contributed by atoms with Gasteiger partial charge in [-0.15, -0.1) is 0 Å². The van der Waals surface area contributed by atoms with E-state index in [1.165, 1.54) is 0 Å². The molecule has 0 spiro atoms. The fourth-order valence-corrected chi connectivity index (χ4v) is 4.21. The van der Waals surface area contributed by atoms with Crippen molar-refractivity contribution in [3.05, 3.63) is 102 Å². The quantitative estimate of drug-likeness (QED) is 0.413. The van der Waals surface area contributed by atoms with Gasteiger partial charge in [-0.2, -0.15) is 5.10 Å². The van der Waals surface area contributed by atoms with Crippen molar-refractivity contribution in [3.8, 4) is 16.9 Å². The highest BCUT2D eigenvalue weighted by Crippen LogP contribution is 2.23. The van der Waals surface area contributed by atoms with Gasteiger partial charge >= 0.3 is 0 Å². The van der Waals surface area contributed by atoms with Gasteiger partial charge in [0.05, 0.1) is 34.9 Å². The Hall–Kier alpha value is -4.23. The lowest BCUT2D eigenvalue weighted by Crippen LogP contribution is -2.32. The zero-order chi connectivity index (χ0) is 24.0. The lowest BCUT2D eigenvalue weighted by atomic mass is 10.1. The number of hydrogen-bond acceptors (Lipinski definition) is 4. The van der Waals surface area contributed by atoms with Crippen LogP contribution in [0.3, 0.4) is 0 Å². The molecule has 1 fully saturated rings. The largest absolute Gasteiger partial charge is 0.376 e. The summed E-state index contributed by atoms with van der Waals surface area (Å²) in [6, 6.07) is 26.1. The number of carbonyl (C=O) groups is 2. The molecule has 176 valence electrons. The molecule has 2 amide bonds.